The summed E-state index contributed by atoms with van der Waals surface area (Å²) in [6.45, 7) is 13.4. The minimum atomic E-state index is -3.22. The van der Waals surface area contributed by atoms with Gasteiger partial charge in [-0.3, -0.25) is 34.2 Å². The number of benzene rings is 1. The number of Topliss-reactive ketones (excluding diaryl/α,β-unsaturated/α-hetero) is 2. The smallest absolute Gasteiger partial charge is 0.410 e. The fourth-order valence-corrected chi connectivity index (χ4v) is 10.7. The number of cyclic esters (lactones) is 1. The molecule has 0 unspecified atom stereocenters. The molecule has 2 aromatic heterocycles. The van der Waals surface area contributed by atoms with Crippen LogP contribution in [0.15, 0.2) is 73.1 Å². The summed E-state index contributed by atoms with van der Waals surface area (Å²) in [4.78, 5) is 84.9. The SMILES string of the molecule is CC[C@H]1OC(=O)[C@](C)(F)C(=O)[C@H](C)[C@@H](O[C@H]2O[C@H](C)C[C@H](N(C)C)[C@H]2O)[C@@](C)(OC)C[C@@H](C)C(=O)[C@H](C)[C@@H]2N(CCc3ccc(NC(=O)CN(Cc4ccccn4)Cc4ccccn4)cc3)C(=O)O[C@@]21C. The van der Waals surface area contributed by atoms with E-state index >= 15 is 4.39 Å². The molecule has 3 aliphatic rings. The quantitative estimate of drug-likeness (QED) is 0.134. The van der Waals surface area contributed by atoms with E-state index in [0.29, 0.717) is 31.6 Å². The molecule has 3 saturated heterocycles. The average Bonchev–Trinajstić information content (AvgIpc) is 3.60. The van der Waals surface area contributed by atoms with Crippen LogP contribution in [0.3, 0.4) is 0 Å². The summed E-state index contributed by atoms with van der Waals surface area (Å²) in [5.41, 5.74) is -3.38. The number of ether oxygens (including phenoxy) is 5. The van der Waals surface area contributed by atoms with Gasteiger partial charge in [-0.15, -0.1) is 0 Å². The molecule has 17 nitrogen and oxygen atoms in total. The topological polar surface area (TPSA) is 199 Å². The number of hydrogen-bond donors (Lipinski definition) is 2. The van der Waals surface area contributed by atoms with Crippen LogP contribution in [-0.4, -0.2) is 153 Å². The number of fused-ring (bicyclic) bond motifs is 1. The number of hydrogen-bond acceptors (Lipinski definition) is 15. The summed E-state index contributed by atoms with van der Waals surface area (Å²) in [6.07, 6.45) is -1.97. The van der Waals surface area contributed by atoms with Crippen molar-refractivity contribution in [3.05, 3.63) is 90.0 Å². The number of halogens is 1. The van der Waals surface area contributed by atoms with Gasteiger partial charge in [0.05, 0.1) is 41.8 Å². The number of methoxy groups -OCH3 is 1. The van der Waals surface area contributed by atoms with E-state index < -0.39 is 83.1 Å². The number of aliphatic hydroxyl groups is 1. The molecule has 2 amide bonds. The molecule has 71 heavy (non-hydrogen) atoms. The number of aliphatic hydroxyl groups excluding tert-OH is 1. The number of aromatic nitrogens is 2. The summed E-state index contributed by atoms with van der Waals surface area (Å²) < 4.78 is 47.8. The van der Waals surface area contributed by atoms with Crippen molar-refractivity contribution in [2.24, 2.45) is 17.8 Å². The number of anilines is 1. The lowest BCUT2D eigenvalue weighted by Crippen LogP contribution is -2.61. The van der Waals surface area contributed by atoms with E-state index in [2.05, 4.69) is 15.3 Å². The first-order chi connectivity index (χ1) is 33.5. The summed E-state index contributed by atoms with van der Waals surface area (Å²) in [6, 6.07) is 17.1. The summed E-state index contributed by atoms with van der Waals surface area (Å²) in [5.74, 6) is -6.27. The molecule has 0 saturated carbocycles. The Labute approximate surface area is 417 Å². The number of carbonyl (C=O) groups is 5. The van der Waals surface area contributed by atoms with Crippen molar-refractivity contribution in [3.63, 3.8) is 0 Å². The lowest BCUT2D eigenvalue weighted by Gasteiger charge is -2.47. The number of nitrogens with zero attached hydrogens (tertiary/aromatic N) is 5. The van der Waals surface area contributed by atoms with Crippen molar-refractivity contribution in [1.29, 1.82) is 0 Å². The van der Waals surface area contributed by atoms with Crippen LogP contribution in [0.4, 0.5) is 14.9 Å². The van der Waals surface area contributed by atoms with Crippen LogP contribution in [0, 0.1) is 17.8 Å². The molecule has 0 spiro atoms. The van der Waals surface area contributed by atoms with Crippen molar-refractivity contribution in [2.75, 3.05) is 39.6 Å². The molecule has 2 N–H and O–H groups in total. The predicted molar refractivity (Wildman–Crippen MR) is 261 cm³/mol. The molecule has 0 bridgehead atoms. The Morgan fingerprint density at radius 2 is 1.55 bits per heavy atom. The number of rotatable bonds is 15. The summed E-state index contributed by atoms with van der Waals surface area (Å²) >= 11 is 0. The maximum absolute atomic E-state index is 17.1. The van der Waals surface area contributed by atoms with E-state index in [1.54, 1.807) is 59.1 Å². The highest BCUT2D eigenvalue weighted by Crippen LogP contribution is 2.44. The van der Waals surface area contributed by atoms with Gasteiger partial charge in [0.1, 0.15) is 18.0 Å². The molecule has 18 heteroatoms. The van der Waals surface area contributed by atoms with Crippen LogP contribution in [0.1, 0.15) is 91.6 Å². The summed E-state index contributed by atoms with van der Waals surface area (Å²) in [5, 5.41) is 14.5. The van der Waals surface area contributed by atoms with E-state index in [-0.39, 0.29) is 49.8 Å². The van der Waals surface area contributed by atoms with Crippen molar-refractivity contribution in [1.82, 2.24) is 24.7 Å². The fraction of sp³-hybridized carbons (Fsp3) is 0.604. The first-order valence-electron chi connectivity index (χ1n) is 24.6. The van der Waals surface area contributed by atoms with E-state index in [4.69, 9.17) is 23.7 Å². The molecule has 13 atom stereocenters. The third-order valence-corrected chi connectivity index (χ3v) is 14.7. The second-order valence-corrected chi connectivity index (χ2v) is 20.4. The Kier molecular flexibility index (Phi) is 17.9. The Balaban J connectivity index is 1.23. The molecule has 0 radical (unpaired) electrons. The third-order valence-electron chi connectivity index (χ3n) is 14.7. The zero-order valence-electron chi connectivity index (χ0n) is 43.0. The lowest BCUT2D eigenvalue weighted by molar-refractivity contribution is -0.295. The van der Waals surface area contributed by atoms with Crippen LogP contribution in [0.5, 0.6) is 0 Å². The van der Waals surface area contributed by atoms with Crippen molar-refractivity contribution in [3.8, 4) is 0 Å². The highest BCUT2D eigenvalue weighted by molar-refractivity contribution is 6.08. The third kappa shape index (κ3) is 12.5. The van der Waals surface area contributed by atoms with Gasteiger partial charge in [-0.25, -0.2) is 14.0 Å². The number of carbonyl (C=O) groups excluding carboxylic acids is 5. The standard InChI is InChI=1S/C53H73FN6O11/c1-12-41-53(8)45(60(50(66)71-53)26-23-36-19-21-37(22-20-36)57-42(61)31-59(29-38-17-13-15-24-55-38)30-39-18-14-16-25-56-39)34(4)43(62)32(2)28-51(6,67-11)47(35(5)46(64)52(7,54)49(65)69-41)70-48-44(63)40(58(9)10)27-33(3)68-48/h13-22,24-25,32-35,40-41,44-45,47-48,63H,12,23,26-31H2,1-11H3,(H,57,61)/t32-,33-,34+,35+,40+,41-,44-,45+,47-,48-,51+,52-,53-/m1/s1. The molecule has 1 aromatic carbocycles. The van der Waals surface area contributed by atoms with E-state index in [1.807, 2.05) is 79.3 Å². The number of alkyl halides is 1. The first kappa shape index (κ1) is 55.1. The van der Waals surface area contributed by atoms with Crippen LogP contribution in [0.2, 0.25) is 0 Å². The number of pyridine rings is 2. The Bertz CT molecular complexity index is 2270. The van der Waals surface area contributed by atoms with Gasteiger partial charge in [0.2, 0.25) is 5.91 Å². The van der Waals surface area contributed by atoms with Gasteiger partial charge >= 0.3 is 12.1 Å². The lowest BCUT2D eigenvalue weighted by atomic mass is 9.73. The minimum absolute atomic E-state index is 0.0390. The largest absolute Gasteiger partial charge is 0.455 e. The van der Waals surface area contributed by atoms with Gasteiger partial charge in [0, 0.05) is 68.6 Å². The highest BCUT2D eigenvalue weighted by atomic mass is 19.1. The maximum Gasteiger partial charge on any atom is 0.410 e. The number of ketones is 2. The number of nitrogens with one attached hydrogen (secondary N) is 1. The van der Waals surface area contributed by atoms with Crippen molar-refractivity contribution < 1.29 is 57.2 Å². The molecule has 0 aliphatic carbocycles. The Morgan fingerprint density at radius 3 is 2.10 bits per heavy atom. The zero-order valence-corrected chi connectivity index (χ0v) is 43.0. The van der Waals surface area contributed by atoms with E-state index in [1.165, 1.54) is 18.9 Å². The maximum atomic E-state index is 17.1. The number of esters is 1. The van der Waals surface area contributed by atoms with Gasteiger partial charge in [-0.1, -0.05) is 52.0 Å². The fourth-order valence-electron chi connectivity index (χ4n) is 10.7. The van der Waals surface area contributed by atoms with Crippen LogP contribution < -0.4 is 5.32 Å². The van der Waals surface area contributed by atoms with Gasteiger partial charge in [0.25, 0.3) is 5.67 Å². The summed E-state index contributed by atoms with van der Waals surface area (Å²) in [7, 11) is 5.02. The van der Waals surface area contributed by atoms with Crippen molar-refractivity contribution in [2.45, 2.75) is 154 Å². The van der Waals surface area contributed by atoms with E-state index in [0.717, 1.165) is 23.9 Å². The normalized spacial score (nSPS) is 33.1. The second-order valence-electron chi connectivity index (χ2n) is 20.4. The second kappa shape index (κ2) is 23.1. The van der Waals surface area contributed by atoms with Gasteiger partial charge in [0.15, 0.2) is 17.7 Å². The number of likely N-dealkylation sites (N-methyl/N-ethyl adjacent to an activating group) is 1. The molecular weight excluding hydrogens is 916 g/mol. The van der Waals surface area contributed by atoms with Crippen molar-refractivity contribution >= 4 is 35.2 Å². The highest BCUT2D eigenvalue weighted by Gasteiger charge is 2.62. The molecule has 388 valence electrons. The van der Waals surface area contributed by atoms with Crippen LogP contribution in [-0.2, 0) is 62.4 Å². The molecule has 6 rings (SSSR count). The van der Waals surface area contributed by atoms with Gasteiger partial charge in [-0.05, 0) is 109 Å². The molecular formula is C53H73FN6O11. The number of amides is 2. The average molecular weight is 989 g/mol. The van der Waals surface area contributed by atoms with Gasteiger partial charge in [-0.2, -0.15) is 0 Å². The molecule has 3 aliphatic heterocycles. The van der Waals surface area contributed by atoms with Crippen LogP contribution >= 0.6 is 0 Å². The molecule has 5 heterocycles. The minimum Gasteiger partial charge on any atom is -0.455 e. The van der Waals surface area contributed by atoms with E-state index in [9.17, 15) is 29.1 Å². The molecule has 3 aromatic rings. The predicted octanol–water partition coefficient (Wildman–Crippen LogP) is 5.96. The van der Waals surface area contributed by atoms with Gasteiger partial charge < -0.3 is 39.0 Å². The zero-order chi connectivity index (χ0) is 52.0. The Morgan fingerprint density at radius 1 is 0.930 bits per heavy atom. The first-order valence-corrected chi connectivity index (χ1v) is 24.6. The Hall–Kier alpha value is -5.24. The molecule has 3 fully saturated rings. The van der Waals surface area contributed by atoms with Crippen LogP contribution in [0.25, 0.3) is 0 Å². The monoisotopic (exact) mass is 989 g/mol.